The van der Waals surface area contributed by atoms with E-state index in [1.54, 1.807) is 30.0 Å². The van der Waals surface area contributed by atoms with Crippen molar-refractivity contribution in [2.45, 2.75) is 33.2 Å². The lowest BCUT2D eigenvalue weighted by Crippen LogP contribution is -2.32. The summed E-state index contributed by atoms with van der Waals surface area (Å²) in [5.74, 6) is -1.71. The molecule has 3 amide bonds. The maximum Gasteiger partial charge on any atom is 0.316 e. The van der Waals surface area contributed by atoms with Crippen molar-refractivity contribution in [3.05, 3.63) is 71.8 Å². The largest absolute Gasteiger partial charge is 0.426 e. The van der Waals surface area contributed by atoms with E-state index in [-0.39, 0.29) is 41.9 Å². The van der Waals surface area contributed by atoms with Crippen molar-refractivity contribution in [1.82, 2.24) is 4.90 Å². The van der Waals surface area contributed by atoms with Gasteiger partial charge >= 0.3 is 5.97 Å². The molecule has 0 spiro atoms. The molecule has 2 fully saturated rings. The number of hydrogen-bond donors (Lipinski definition) is 0. The van der Waals surface area contributed by atoms with Gasteiger partial charge in [0.1, 0.15) is 5.75 Å². The van der Waals surface area contributed by atoms with Gasteiger partial charge in [0.25, 0.3) is 0 Å². The van der Waals surface area contributed by atoms with E-state index in [4.69, 9.17) is 4.74 Å². The number of fused-ring (bicyclic) bond motifs is 1. The van der Waals surface area contributed by atoms with Gasteiger partial charge in [0.2, 0.25) is 17.7 Å². The zero-order valence-corrected chi connectivity index (χ0v) is 19.8. The maximum absolute atomic E-state index is 13.1. The smallest absolute Gasteiger partial charge is 0.316 e. The third-order valence-electron chi connectivity index (χ3n) is 7.26. The normalized spacial score (nSPS) is 25.8. The molecule has 4 atom stereocenters. The molecule has 0 aromatic heterocycles. The first-order valence-electron chi connectivity index (χ1n) is 12.0. The van der Waals surface area contributed by atoms with Crippen molar-refractivity contribution in [3.63, 3.8) is 0 Å². The van der Waals surface area contributed by atoms with Crippen LogP contribution in [0.4, 0.5) is 5.69 Å². The summed E-state index contributed by atoms with van der Waals surface area (Å²) >= 11 is 0. The van der Waals surface area contributed by atoms with E-state index < -0.39 is 11.9 Å². The van der Waals surface area contributed by atoms with Gasteiger partial charge in [-0.3, -0.25) is 19.2 Å². The highest BCUT2D eigenvalue weighted by molar-refractivity contribution is 6.22. The van der Waals surface area contributed by atoms with E-state index in [1.165, 1.54) is 4.90 Å². The fourth-order valence-electron chi connectivity index (χ4n) is 5.41. The van der Waals surface area contributed by atoms with E-state index in [2.05, 4.69) is 0 Å². The minimum atomic E-state index is -0.537. The molecule has 0 unspecified atom stereocenters. The number of likely N-dealkylation sites (tertiary alicyclic amines) is 1. The molecular formula is C28H28N2O5. The Kier molecular flexibility index (Phi) is 6.01. The van der Waals surface area contributed by atoms with Gasteiger partial charge in [0.05, 0.1) is 23.4 Å². The number of rotatable bonds is 5. The predicted molar refractivity (Wildman–Crippen MR) is 129 cm³/mol. The summed E-state index contributed by atoms with van der Waals surface area (Å²) in [5.41, 5.74) is 2.20. The molecule has 0 N–H and O–H groups in total. The molecule has 2 aromatic carbocycles. The molecule has 180 valence electrons. The first-order valence-corrected chi connectivity index (χ1v) is 12.0. The lowest BCUT2D eigenvalue weighted by molar-refractivity contribution is -0.139. The number of carbonyl (C=O) groups is 4. The van der Waals surface area contributed by atoms with Gasteiger partial charge in [0.15, 0.2) is 0 Å². The Bertz CT molecular complexity index is 1220. The van der Waals surface area contributed by atoms with Crippen molar-refractivity contribution in [3.8, 4) is 5.75 Å². The number of nitrogens with zero attached hydrogens (tertiary/aromatic N) is 2. The van der Waals surface area contributed by atoms with Gasteiger partial charge < -0.3 is 9.64 Å². The monoisotopic (exact) mass is 472 g/mol. The minimum Gasteiger partial charge on any atom is -0.426 e. The van der Waals surface area contributed by atoms with Crippen LogP contribution in [0.25, 0.3) is 0 Å². The van der Waals surface area contributed by atoms with Crippen LogP contribution in [0.15, 0.2) is 60.7 Å². The van der Waals surface area contributed by atoms with Crippen LogP contribution in [-0.4, -0.2) is 35.1 Å². The molecule has 7 heteroatoms. The Morgan fingerprint density at radius 2 is 1.83 bits per heavy atom. The van der Waals surface area contributed by atoms with Crippen molar-refractivity contribution >= 4 is 29.4 Å². The summed E-state index contributed by atoms with van der Waals surface area (Å²) in [6.45, 7) is 4.53. The fraction of sp³-hybridized carbons (Fsp3) is 0.357. The number of allylic oxidation sites excluding steroid dienone is 2. The average Bonchev–Trinajstić information content (AvgIpc) is 3.32. The highest BCUT2D eigenvalue weighted by Crippen LogP contribution is 2.41. The van der Waals surface area contributed by atoms with Gasteiger partial charge in [-0.25, -0.2) is 4.90 Å². The Morgan fingerprint density at radius 3 is 2.54 bits per heavy atom. The number of imide groups is 1. The number of hydrogen-bond acceptors (Lipinski definition) is 5. The summed E-state index contributed by atoms with van der Waals surface area (Å²) in [4.78, 5) is 54.3. The standard InChI is InChI=1S/C28H28N2O5/c1-17-7-6-10-22-25(17)27(33)30(26(22)32)23-12-11-21(13-18(23)2)35-28(34)20-14-24(31)29(16-20)15-19-8-4-3-5-9-19/h3-9,11-13,17,20,22,25H,10,14-16H2,1-2H3/t17-,20-,22-,25-/m1/s1. The van der Waals surface area contributed by atoms with E-state index >= 15 is 0 Å². The third-order valence-corrected chi connectivity index (χ3v) is 7.26. The van der Waals surface area contributed by atoms with Crippen LogP contribution in [0.2, 0.25) is 0 Å². The number of benzene rings is 2. The number of carbonyl (C=O) groups excluding carboxylic acids is 4. The molecule has 5 rings (SSSR count). The molecule has 1 aliphatic carbocycles. The summed E-state index contributed by atoms with van der Waals surface area (Å²) in [6.07, 6.45) is 4.67. The molecule has 35 heavy (non-hydrogen) atoms. The second-order valence-corrected chi connectivity index (χ2v) is 9.70. The van der Waals surface area contributed by atoms with E-state index in [1.807, 2.05) is 49.4 Å². The molecule has 2 aromatic rings. The van der Waals surface area contributed by atoms with Crippen LogP contribution in [0.1, 0.15) is 30.9 Å². The number of anilines is 1. The van der Waals surface area contributed by atoms with Crippen LogP contribution >= 0.6 is 0 Å². The topological polar surface area (TPSA) is 84.0 Å². The van der Waals surface area contributed by atoms with Crippen molar-refractivity contribution < 1.29 is 23.9 Å². The van der Waals surface area contributed by atoms with Gasteiger partial charge in [-0.1, -0.05) is 49.4 Å². The second-order valence-electron chi connectivity index (χ2n) is 9.70. The fourth-order valence-corrected chi connectivity index (χ4v) is 5.41. The quantitative estimate of drug-likeness (QED) is 0.287. The molecule has 2 aliphatic heterocycles. The molecular weight excluding hydrogens is 444 g/mol. The van der Waals surface area contributed by atoms with Crippen molar-refractivity contribution in [1.29, 1.82) is 0 Å². The van der Waals surface area contributed by atoms with Crippen LogP contribution in [-0.2, 0) is 25.7 Å². The maximum atomic E-state index is 13.1. The Balaban J connectivity index is 1.26. The van der Waals surface area contributed by atoms with Gasteiger partial charge in [-0.2, -0.15) is 0 Å². The average molecular weight is 473 g/mol. The number of ether oxygens (including phenoxy) is 1. The Hall–Kier alpha value is -3.74. The van der Waals surface area contributed by atoms with Crippen molar-refractivity contribution in [2.75, 3.05) is 11.4 Å². The van der Waals surface area contributed by atoms with Gasteiger partial charge in [0, 0.05) is 19.5 Å². The molecule has 0 bridgehead atoms. The highest BCUT2D eigenvalue weighted by Gasteiger charge is 2.50. The first kappa shape index (κ1) is 23.0. The van der Waals surface area contributed by atoms with Crippen LogP contribution in [0.3, 0.4) is 0 Å². The predicted octanol–water partition coefficient (Wildman–Crippen LogP) is 3.65. The molecule has 0 saturated carbocycles. The lowest BCUT2D eigenvalue weighted by Gasteiger charge is -2.22. The summed E-state index contributed by atoms with van der Waals surface area (Å²) in [5, 5.41) is 0. The van der Waals surface area contributed by atoms with E-state index in [9.17, 15) is 19.2 Å². The highest BCUT2D eigenvalue weighted by atomic mass is 16.5. The summed E-state index contributed by atoms with van der Waals surface area (Å²) < 4.78 is 5.59. The van der Waals surface area contributed by atoms with Gasteiger partial charge in [-0.15, -0.1) is 0 Å². The number of aryl methyl sites for hydroxylation is 1. The van der Waals surface area contributed by atoms with E-state index in [0.29, 0.717) is 36.5 Å². The minimum absolute atomic E-state index is 0.0197. The van der Waals surface area contributed by atoms with Crippen LogP contribution in [0.5, 0.6) is 5.75 Å². The summed E-state index contributed by atoms with van der Waals surface area (Å²) in [7, 11) is 0. The SMILES string of the molecule is Cc1cc(OC(=O)[C@@H]2CC(=O)N(Cc3ccccc3)C2)ccc1N1C(=O)[C@@H]2[C@H](C)C=CC[C@H]2C1=O. The molecule has 7 nitrogen and oxygen atoms in total. The Labute approximate surface area is 204 Å². The third kappa shape index (κ3) is 4.27. The van der Waals surface area contributed by atoms with Crippen LogP contribution in [0, 0.1) is 30.6 Å². The Morgan fingerprint density at radius 1 is 1.06 bits per heavy atom. The molecule has 3 aliphatic rings. The zero-order valence-electron chi connectivity index (χ0n) is 19.8. The first-order chi connectivity index (χ1) is 16.8. The number of esters is 1. The van der Waals surface area contributed by atoms with Crippen LogP contribution < -0.4 is 9.64 Å². The van der Waals surface area contributed by atoms with Gasteiger partial charge in [-0.05, 0) is 48.6 Å². The van der Waals surface area contributed by atoms with Crippen molar-refractivity contribution in [2.24, 2.45) is 23.7 Å². The summed E-state index contributed by atoms with van der Waals surface area (Å²) in [6, 6.07) is 14.6. The van der Waals surface area contributed by atoms with E-state index in [0.717, 1.165) is 5.56 Å². The molecule has 2 saturated heterocycles. The molecule has 0 radical (unpaired) electrons. The second kappa shape index (κ2) is 9.13. The molecule has 2 heterocycles. The zero-order chi connectivity index (χ0) is 24.7. The number of amides is 3. The lowest BCUT2D eigenvalue weighted by atomic mass is 9.78.